The quantitative estimate of drug-likeness (QED) is 0.769. The maximum Gasteiger partial charge on any atom is 0.433 e. The van der Waals surface area contributed by atoms with E-state index in [9.17, 15) is 13.2 Å². The average Bonchev–Trinajstić information content (AvgIpc) is 2.61. The number of para-hydroxylation sites is 1. The number of methoxy groups -OCH3 is 1. The Morgan fingerprint density at radius 3 is 2.42 bits per heavy atom. The molecule has 0 bridgehead atoms. The second-order valence-electron chi connectivity index (χ2n) is 6.14. The summed E-state index contributed by atoms with van der Waals surface area (Å²) in [6, 6.07) is 7.95. The van der Waals surface area contributed by atoms with Gasteiger partial charge in [-0.3, -0.25) is 0 Å². The van der Waals surface area contributed by atoms with Gasteiger partial charge in [0.1, 0.15) is 5.75 Å². The minimum absolute atomic E-state index is 0. The third kappa shape index (κ3) is 4.78. The van der Waals surface area contributed by atoms with Crippen LogP contribution in [0.3, 0.4) is 0 Å². The molecule has 1 N–H and O–H groups in total. The molecular weight excluding hydrogens is 367 g/mol. The number of hydrogen-bond acceptors (Lipinski definition) is 4. The normalized spacial score (nSPS) is 15.2. The van der Waals surface area contributed by atoms with Gasteiger partial charge in [0.2, 0.25) is 5.95 Å². The summed E-state index contributed by atoms with van der Waals surface area (Å²) in [5, 5.41) is 3.08. The highest BCUT2D eigenvalue weighted by Gasteiger charge is 2.34. The van der Waals surface area contributed by atoms with Crippen molar-refractivity contribution in [2.24, 2.45) is 0 Å². The monoisotopic (exact) mass is 387 g/mol. The molecule has 0 spiro atoms. The SMILES string of the molecule is COc1ccccc1-c1cc(C(F)(F)F)nc(NC2CCCCC2)n1.Cl. The van der Waals surface area contributed by atoms with Crippen molar-refractivity contribution in [2.45, 2.75) is 44.3 Å². The predicted molar refractivity (Wildman–Crippen MR) is 96.8 cm³/mol. The van der Waals surface area contributed by atoms with E-state index in [4.69, 9.17) is 4.74 Å². The Morgan fingerprint density at radius 2 is 1.77 bits per heavy atom. The largest absolute Gasteiger partial charge is 0.496 e. The molecule has 1 aromatic carbocycles. The van der Waals surface area contributed by atoms with Crippen molar-refractivity contribution >= 4 is 18.4 Å². The first-order chi connectivity index (χ1) is 12.0. The Bertz CT molecular complexity index is 734. The van der Waals surface area contributed by atoms with Crippen molar-refractivity contribution in [3.8, 4) is 17.0 Å². The van der Waals surface area contributed by atoms with Crippen molar-refractivity contribution < 1.29 is 17.9 Å². The molecule has 0 radical (unpaired) electrons. The Kier molecular flexibility index (Phi) is 6.69. The standard InChI is InChI=1S/C18H20F3N3O.ClH/c1-25-15-10-6-5-9-13(15)14-11-16(18(19,20)21)24-17(23-14)22-12-7-3-2-4-8-12;/h5-6,9-12H,2-4,7-8H2,1H3,(H,22,23,24);1H. The number of alkyl halides is 3. The lowest BCUT2D eigenvalue weighted by Gasteiger charge is -2.23. The van der Waals surface area contributed by atoms with Crippen molar-refractivity contribution in [1.29, 1.82) is 0 Å². The van der Waals surface area contributed by atoms with Crippen LogP contribution in [0.5, 0.6) is 5.75 Å². The fourth-order valence-corrected chi connectivity index (χ4v) is 3.08. The first-order valence-electron chi connectivity index (χ1n) is 8.33. The molecule has 1 fully saturated rings. The number of rotatable bonds is 4. The summed E-state index contributed by atoms with van der Waals surface area (Å²) < 4.78 is 45.1. The Morgan fingerprint density at radius 1 is 1.08 bits per heavy atom. The van der Waals surface area contributed by atoms with Crippen molar-refractivity contribution in [1.82, 2.24) is 9.97 Å². The summed E-state index contributed by atoms with van der Waals surface area (Å²) >= 11 is 0. The van der Waals surface area contributed by atoms with Gasteiger partial charge in [-0.1, -0.05) is 31.4 Å². The molecule has 1 aliphatic carbocycles. The third-order valence-electron chi connectivity index (χ3n) is 4.34. The molecule has 26 heavy (non-hydrogen) atoms. The fourth-order valence-electron chi connectivity index (χ4n) is 3.08. The van der Waals surface area contributed by atoms with Gasteiger partial charge in [0.15, 0.2) is 5.69 Å². The maximum absolute atomic E-state index is 13.3. The molecule has 0 atom stereocenters. The van der Waals surface area contributed by atoms with Gasteiger partial charge in [0, 0.05) is 11.6 Å². The highest BCUT2D eigenvalue weighted by molar-refractivity contribution is 5.85. The first kappa shape index (κ1) is 20.3. The van der Waals surface area contributed by atoms with Gasteiger partial charge < -0.3 is 10.1 Å². The number of halogens is 4. The first-order valence-corrected chi connectivity index (χ1v) is 8.33. The lowest BCUT2D eigenvalue weighted by atomic mass is 9.96. The maximum atomic E-state index is 13.3. The van der Waals surface area contributed by atoms with Gasteiger partial charge in [0.05, 0.1) is 12.8 Å². The number of nitrogens with zero attached hydrogens (tertiary/aromatic N) is 2. The van der Waals surface area contributed by atoms with E-state index in [1.54, 1.807) is 24.3 Å². The van der Waals surface area contributed by atoms with E-state index in [0.29, 0.717) is 11.3 Å². The number of nitrogens with one attached hydrogen (secondary N) is 1. The molecule has 1 heterocycles. The number of ether oxygens (including phenoxy) is 1. The lowest BCUT2D eigenvalue weighted by molar-refractivity contribution is -0.141. The van der Waals surface area contributed by atoms with Crippen LogP contribution in [0.15, 0.2) is 30.3 Å². The van der Waals surface area contributed by atoms with E-state index < -0.39 is 11.9 Å². The van der Waals surface area contributed by atoms with Gasteiger partial charge >= 0.3 is 6.18 Å². The molecule has 0 unspecified atom stereocenters. The van der Waals surface area contributed by atoms with E-state index >= 15 is 0 Å². The minimum Gasteiger partial charge on any atom is -0.496 e. The molecule has 3 rings (SSSR count). The third-order valence-corrected chi connectivity index (χ3v) is 4.34. The van der Waals surface area contributed by atoms with Crippen LogP contribution in [0.2, 0.25) is 0 Å². The molecule has 1 saturated carbocycles. The smallest absolute Gasteiger partial charge is 0.433 e. The fraction of sp³-hybridized carbons (Fsp3) is 0.444. The van der Waals surface area contributed by atoms with Gasteiger partial charge in [0.25, 0.3) is 0 Å². The molecule has 8 heteroatoms. The second-order valence-corrected chi connectivity index (χ2v) is 6.14. The molecule has 142 valence electrons. The molecule has 0 saturated heterocycles. The summed E-state index contributed by atoms with van der Waals surface area (Å²) in [6.45, 7) is 0. The van der Waals surface area contributed by atoms with Crippen molar-refractivity contribution in [2.75, 3.05) is 12.4 Å². The van der Waals surface area contributed by atoms with E-state index in [1.165, 1.54) is 7.11 Å². The zero-order chi connectivity index (χ0) is 17.9. The van der Waals surface area contributed by atoms with Gasteiger partial charge in [-0.15, -0.1) is 12.4 Å². The van der Waals surface area contributed by atoms with Crippen LogP contribution >= 0.6 is 12.4 Å². The van der Waals surface area contributed by atoms with Crippen LogP contribution in [-0.2, 0) is 6.18 Å². The van der Waals surface area contributed by atoms with Crippen LogP contribution in [0.1, 0.15) is 37.8 Å². The summed E-state index contributed by atoms with van der Waals surface area (Å²) in [7, 11) is 1.48. The molecule has 4 nitrogen and oxygen atoms in total. The van der Waals surface area contributed by atoms with Crippen LogP contribution in [0.4, 0.5) is 19.1 Å². The van der Waals surface area contributed by atoms with Gasteiger partial charge in [-0.25, -0.2) is 9.97 Å². The number of aromatic nitrogens is 2. The highest BCUT2D eigenvalue weighted by atomic mass is 35.5. The van der Waals surface area contributed by atoms with E-state index in [-0.39, 0.29) is 30.1 Å². The molecule has 2 aromatic rings. The highest BCUT2D eigenvalue weighted by Crippen LogP contribution is 2.34. The van der Waals surface area contributed by atoms with Crippen molar-refractivity contribution in [3.63, 3.8) is 0 Å². The lowest BCUT2D eigenvalue weighted by Crippen LogP contribution is -2.24. The van der Waals surface area contributed by atoms with Crippen LogP contribution in [-0.4, -0.2) is 23.1 Å². The average molecular weight is 388 g/mol. The zero-order valence-corrected chi connectivity index (χ0v) is 15.2. The molecular formula is C18H21ClF3N3O. The molecule has 0 amide bonds. The molecule has 1 aliphatic rings. The van der Waals surface area contributed by atoms with E-state index in [0.717, 1.165) is 38.2 Å². The summed E-state index contributed by atoms with van der Waals surface area (Å²) in [5.74, 6) is 0.487. The second kappa shape index (κ2) is 8.58. The number of benzene rings is 1. The van der Waals surface area contributed by atoms with Gasteiger partial charge in [-0.05, 0) is 31.0 Å². The van der Waals surface area contributed by atoms with E-state index in [1.807, 2.05) is 0 Å². The zero-order valence-electron chi connectivity index (χ0n) is 14.3. The Balaban J connectivity index is 0.00000243. The number of hydrogen-bond donors (Lipinski definition) is 1. The van der Waals surface area contributed by atoms with Crippen LogP contribution in [0.25, 0.3) is 11.3 Å². The van der Waals surface area contributed by atoms with Crippen molar-refractivity contribution in [3.05, 3.63) is 36.0 Å². The molecule has 0 aliphatic heterocycles. The van der Waals surface area contributed by atoms with Crippen LogP contribution in [0, 0.1) is 0 Å². The topological polar surface area (TPSA) is 47.0 Å². The Hall–Kier alpha value is -2.02. The predicted octanol–water partition coefficient (Wildman–Crippen LogP) is 5.34. The summed E-state index contributed by atoms with van der Waals surface area (Å²) in [4.78, 5) is 8.01. The summed E-state index contributed by atoms with van der Waals surface area (Å²) in [5.41, 5.74) is -0.260. The van der Waals surface area contributed by atoms with Gasteiger partial charge in [-0.2, -0.15) is 13.2 Å². The minimum atomic E-state index is -4.54. The number of anilines is 1. The van der Waals surface area contributed by atoms with E-state index in [2.05, 4.69) is 15.3 Å². The Labute approximate surface area is 156 Å². The van der Waals surface area contributed by atoms with Crippen LogP contribution < -0.4 is 10.1 Å². The summed E-state index contributed by atoms with van der Waals surface area (Å²) in [6.07, 6.45) is 0.593. The molecule has 1 aromatic heterocycles.